The average Bonchev–Trinajstić information content (AvgIpc) is 3.00. The molecule has 1 aliphatic carbocycles. The summed E-state index contributed by atoms with van der Waals surface area (Å²) in [6.07, 6.45) is 5.81. The largest absolute Gasteiger partial charge is 0.503 e. The summed E-state index contributed by atoms with van der Waals surface area (Å²) in [7, 11) is 0. The monoisotopic (exact) mass is 192 g/mol. The van der Waals surface area contributed by atoms with E-state index in [0.717, 1.165) is 31.5 Å². The van der Waals surface area contributed by atoms with Crippen LogP contribution in [0.1, 0.15) is 37.8 Å². The molecule has 0 spiro atoms. The molecule has 1 aromatic heterocycles. The summed E-state index contributed by atoms with van der Waals surface area (Å²) in [6, 6.07) is 0. The van der Waals surface area contributed by atoms with E-state index in [-0.39, 0.29) is 5.75 Å². The Bertz CT molecular complexity index is 323. The zero-order valence-corrected chi connectivity index (χ0v) is 8.25. The van der Waals surface area contributed by atoms with Crippen LogP contribution in [0.15, 0.2) is 0 Å². The van der Waals surface area contributed by atoms with Crippen molar-refractivity contribution in [3.05, 3.63) is 12.0 Å². The molecule has 0 aromatic carbocycles. The fourth-order valence-electron chi connectivity index (χ4n) is 1.36. The van der Waals surface area contributed by atoms with Crippen LogP contribution in [0.3, 0.4) is 0 Å². The first-order chi connectivity index (χ1) is 6.83. The molecule has 0 atom stereocenters. The van der Waals surface area contributed by atoms with Crippen molar-refractivity contribution >= 4 is 5.82 Å². The summed E-state index contributed by atoms with van der Waals surface area (Å²) in [6.45, 7) is 2.87. The van der Waals surface area contributed by atoms with E-state index in [1.165, 1.54) is 0 Å². The van der Waals surface area contributed by atoms with Gasteiger partial charge in [0.15, 0.2) is 17.9 Å². The molecule has 1 saturated carbocycles. The predicted molar refractivity (Wildman–Crippen MR) is 53.3 cm³/mol. The maximum atomic E-state index is 9.82. The van der Waals surface area contributed by atoms with Gasteiger partial charge in [0, 0.05) is 12.5 Å². The Morgan fingerprint density at radius 1 is 1.50 bits per heavy atom. The Morgan fingerprint density at radius 2 is 2.29 bits per heavy atom. The van der Waals surface area contributed by atoms with Gasteiger partial charge in [0.2, 0.25) is 0 Å². The molecule has 1 aromatic rings. The summed E-state index contributed by atoms with van der Waals surface area (Å²) in [5.74, 6) is 1.15. The number of hydrogen-bond donors (Lipinski definition) is 2. The van der Waals surface area contributed by atoms with Gasteiger partial charge >= 0.3 is 0 Å². The molecule has 2 rings (SSSR count). The zero-order valence-electron chi connectivity index (χ0n) is 8.25. The molecule has 0 saturated heterocycles. The molecule has 0 bridgehead atoms. The molecule has 2 N–H and O–H groups in total. The minimum absolute atomic E-state index is 0.208. The fraction of sp³-hybridized carbons (Fsp3) is 0.600. The molecule has 75 valence electrons. The fourth-order valence-corrected chi connectivity index (χ4v) is 1.36. The zero-order chi connectivity index (χ0) is 9.97. The van der Waals surface area contributed by atoms with Crippen molar-refractivity contribution < 1.29 is 5.11 Å². The molecule has 1 heterocycles. The van der Waals surface area contributed by atoms with Gasteiger partial charge in [-0.05, 0) is 19.3 Å². The quantitative estimate of drug-likeness (QED) is 0.762. The molecule has 0 unspecified atom stereocenters. The van der Waals surface area contributed by atoms with Crippen LogP contribution in [0.2, 0.25) is 0 Å². The van der Waals surface area contributed by atoms with E-state index in [1.807, 2.05) is 0 Å². The minimum atomic E-state index is 0.208. The Kier molecular flexibility index (Phi) is 2.52. The standard InChI is InChI=1S/C10H14N3O/c1-2-5-11-10-9(14)8(7-3-4-7)12-6-13-10/h7,14H,2-5H2,1H3,(H,11,12,13). The van der Waals surface area contributed by atoms with Crippen molar-refractivity contribution in [3.63, 3.8) is 0 Å². The highest BCUT2D eigenvalue weighted by Crippen LogP contribution is 2.44. The molecule has 1 fully saturated rings. The second kappa shape index (κ2) is 3.82. The van der Waals surface area contributed by atoms with Crippen LogP contribution in [0.4, 0.5) is 5.82 Å². The first kappa shape index (κ1) is 9.24. The van der Waals surface area contributed by atoms with Crippen molar-refractivity contribution in [3.8, 4) is 5.75 Å². The third kappa shape index (κ3) is 1.78. The third-order valence-corrected chi connectivity index (χ3v) is 2.31. The van der Waals surface area contributed by atoms with Crippen molar-refractivity contribution in [1.82, 2.24) is 9.97 Å². The number of nitrogens with one attached hydrogen (secondary N) is 1. The summed E-state index contributed by atoms with van der Waals surface area (Å²) in [4.78, 5) is 7.87. The van der Waals surface area contributed by atoms with E-state index >= 15 is 0 Å². The first-order valence-corrected chi connectivity index (χ1v) is 5.03. The van der Waals surface area contributed by atoms with E-state index in [4.69, 9.17) is 0 Å². The van der Waals surface area contributed by atoms with Crippen LogP contribution in [0.5, 0.6) is 5.75 Å². The number of aromatic nitrogens is 2. The molecular weight excluding hydrogens is 178 g/mol. The Labute approximate surface area is 83.4 Å². The van der Waals surface area contributed by atoms with E-state index in [0.29, 0.717) is 11.7 Å². The van der Waals surface area contributed by atoms with Crippen LogP contribution >= 0.6 is 0 Å². The molecular formula is C10H14N3O. The average molecular weight is 192 g/mol. The summed E-state index contributed by atoms with van der Waals surface area (Å²) < 4.78 is 0. The summed E-state index contributed by atoms with van der Waals surface area (Å²) in [5.41, 5.74) is 0.749. The van der Waals surface area contributed by atoms with Gasteiger partial charge in [0.1, 0.15) is 0 Å². The van der Waals surface area contributed by atoms with E-state index in [1.54, 1.807) is 0 Å². The lowest BCUT2D eigenvalue weighted by atomic mass is 10.2. The minimum Gasteiger partial charge on any atom is -0.503 e. The maximum Gasteiger partial charge on any atom is 0.200 e. The second-order valence-electron chi connectivity index (χ2n) is 3.61. The van der Waals surface area contributed by atoms with Crippen molar-refractivity contribution in [2.45, 2.75) is 32.1 Å². The molecule has 4 heteroatoms. The van der Waals surface area contributed by atoms with Crippen LogP contribution in [0, 0.1) is 6.33 Å². The van der Waals surface area contributed by atoms with Crippen LogP contribution < -0.4 is 5.32 Å². The van der Waals surface area contributed by atoms with Crippen LogP contribution in [-0.2, 0) is 0 Å². The summed E-state index contributed by atoms with van der Waals surface area (Å²) in [5, 5.41) is 12.9. The lowest BCUT2D eigenvalue weighted by molar-refractivity contribution is 0.463. The van der Waals surface area contributed by atoms with Gasteiger partial charge in [0.25, 0.3) is 0 Å². The number of hydrogen-bond acceptors (Lipinski definition) is 4. The smallest absolute Gasteiger partial charge is 0.200 e. The Balaban J connectivity index is 2.18. The number of nitrogens with zero attached hydrogens (tertiary/aromatic N) is 2. The summed E-state index contributed by atoms with van der Waals surface area (Å²) >= 11 is 0. The second-order valence-corrected chi connectivity index (χ2v) is 3.61. The number of anilines is 1. The lowest BCUT2D eigenvalue weighted by Crippen LogP contribution is -2.04. The molecule has 0 aliphatic heterocycles. The van der Waals surface area contributed by atoms with Crippen LogP contribution in [0.25, 0.3) is 0 Å². The molecule has 1 radical (unpaired) electrons. The van der Waals surface area contributed by atoms with Crippen LogP contribution in [-0.4, -0.2) is 21.6 Å². The molecule has 4 nitrogen and oxygen atoms in total. The normalized spacial score (nSPS) is 15.5. The third-order valence-electron chi connectivity index (χ3n) is 2.31. The SMILES string of the molecule is CCCNc1n[c]nc(C2CC2)c1O. The van der Waals surface area contributed by atoms with Gasteiger partial charge in [-0.15, -0.1) is 0 Å². The van der Waals surface area contributed by atoms with Gasteiger partial charge in [0.05, 0.1) is 5.69 Å². The lowest BCUT2D eigenvalue weighted by Gasteiger charge is -2.07. The van der Waals surface area contributed by atoms with Gasteiger partial charge in [-0.2, -0.15) is 0 Å². The molecule has 0 amide bonds. The number of rotatable bonds is 4. The topological polar surface area (TPSA) is 58.0 Å². The van der Waals surface area contributed by atoms with E-state index in [9.17, 15) is 5.11 Å². The van der Waals surface area contributed by atoms with Gasteiger partial charge < -0.3 is 10.4 Å². The molecule has 14 heavy (non-hydrogen) atoms. The van der Waals surface area contributed by atoms with Gasteiger partial charge in [-0.1, -0.05) is 6.92 Å². The van der Waals surface area contributed by atoms with Gasteiger partial charge in [-0.3, -0.25) is 0 Å². The first-order valence-electron chi connectivity index (χ1n) is 5.03. The Hall–Kier alpha value is -1.32. The maximum absolute atomic E-state index is 9.82. The van der Waals surface area contributed by atoms with E-state index < -0.39 is 0 Å². The number of aromatic hydroxyl groups is 1. The highest BCUT2D eigenvalue weighted by atomic mass is 16.3. The van der Waals surface area contributed by atoms with Crippen molar-refractivity contribution in [2.24, 2.45) is 0 Å². The van der Waals surface area contributed by atoms with Crippen molar-refractivity contribution in [2.75, 3.05) is 11.9 Å². The Morgan fingerprint density at radius 3 is 2.93 bits per heavy atom. The highest BCUT2D eigenvalue weighted by Gasteiger charge is 2.29. The van der Waals surface area contributed by atoms with Gasteiger partial charge in [-0.25, -0.2) is 9.97 Å². The highest BCUT2D eigenvalue weighted by molar-refractivity contribution is 5.52. The predicted octanol–water partition coefficient (Wildman–Crippen LogP) is 1.68. The van der Waals surface area contributed by atoms with Crippen molar-refractivity contribution in [1.29, 1.82) is 0 Å². The van der Waals surface area contributed by atoms with E-state index in [2.05, 4.69) is 28.5 Å². The molecule has 1 aliphatic rings.